The zero-order chi connectivity index (χ0) is 21.9. The van der Waals surface area contributed by atoms with Crippen molar-refractivity contribution >= 4 is 16.9 Å². The molecule has 1 unspecified atom stereocenters. The number of amides is 1. The zero-order valence-electron chi connectivity index (χ0n) is 17.7. The number of para-hydroxylation sites is 3. The normalized spacial score (nSPS) is 16.1. The van der Waals surface area contributed by atoms with Crippen molar-refractivity contribution in [1.82, 2.24) is 14.5 Å². The molecule has 1 amide bonds. The van der Waals surface area contributed by atoms with Crippen LogP contribution in [-0.4, -0.2) is 33.5 Å². The van der Waals surface area contributed by atoms with Crippen molar-refractivity contribution in [3.05, 3.63) is 96.1 Å². The highest BCUT2D eigenvalue weighted by Crippen LogP contribution is 2.31. The van der Waals surface area contributed by atoms with Gasteiger partial charge in [0.05, 0.1) is 17.6 Å². The van der Waals surface area contributed by atoms with Crippen molar-refractivity contribution < 1.29 is 13.9 Å². The summed E-state index contributed by atoms with van der Waals surface area (Å²) in [6.45, 7) is 2.23. The van der Waals surface area contributed by atoms with Crippen molar-refractivity contribution in [2.24, 2.45) is 0 Å². The molecule has 2 heterocycles. The molecule has 0 spiro atoms. The first-order valence-electron chi connectivity index (χ1n) is 10.8. The van der Waals surface area contributed by atoms with Gasteiger partial charge in [-0.25, -0.2) is 9.37 Å². The van der Waals surface area contributed by atoms with Gasteiger partial charge in [-0.05, 0) is 42.0 Å². The van der Waals surface area contributed by atoms with Crippen LogP contribution in [0.3, 0.4) is 0 Å². The standard InChI is InChI=1S/C26H24FN3O2/c27-21-12-10-19(11-13-21)17-29-18-20(16-25(29)31)26-28-23-8-4-5-9-24(23)30(26)14-15-32-22-6-2-1-3-7-22/h1-13,20H,14-18H2. The molecule has 0 N–H and O–H groups in total. The molecule has 5 nitrogen and oxygen atoms in total. The van der Waals surface area contributed by atoms with Crippen molar-refractivity contribution in [3.63, 3.8) is 0 Å². The van der Waals surface area contributed by atoms with Crippen LogP contribution in [0.4, 0.5) is 4.39 Å². The molecule has 162 valence electrons. The van der Waals surface area contributed by atoms with Gasteiger partial charge in [-0.15, -0.1) is 0 Å². The third-order valence-corrected chi connectivity index (χ3v) is 5.88. The van der Waals surface area contributed by atoms with Crippen LogP contribution in [0.2, 0.25) is 0 Å². The molecule has 1 aromatic heterocycles. The Morgan fingerprint density at radius 2 is 1.72 bits per heavy atom. The van der Waals surface area contributed by atoms with Crippen LogP contribution in [0.1, 0.15) is 23.7 Å². The Bertz CT molecular complexity index is 1220. The summed E-state index contributed by atoms with van der Waals surface area (Å²) in [5.41, 5.74) is 2.89. The van der Waals surface area contributed by atoms with E-state index in [1.165, 1.54) is 12.1 Å². The molecule has 4 aromatic rings. The summed E-state index contributed by atoms with van der Waals surface area (Å²) in [7, 11) is 0. The predicted octanol–water partition coefficient (Wildman–Crippen LogP) is 4.77. The molecule has 3 aromatic carbocycles. The van der Waals surface area contributed by atoms with Crippen molar-refractivity contribution in [3.8, 4) is 5.75 Å². The minimum atomic E-state index is -0.272. The molecule has 1 aliphatic rings. The average Bonchev–Trinajstić information content (AvgIpc) is 3.36. The molecule has 0 aliphatic carbocycles. The molecule has 0 radical (unpaired) electrons. The highest BCUT2D eigenvalue weighted by atomic mass is 19.1. The summed E-state index contributed by atoms with van der Waals surface area (Å²) < 4.78 is 21.3. The van der Waals surface area contributed by atoms with E-state index in [2.05, 4.69) is 10.6 Å². The highest BCUT2D eigenvalue weighted by molar-refractivity contribution is 5.81. The van der Waals surface area contributed by atoms with Crippen LogP contribution >= 0.6 is 0 Å². The van der Waals surface area contributed by atoms with Crippen molar-refractivity contribution in [2.75, 3.05) is 13.2 Å². The number of fused-ring (bicyclic) bond motifs is 1. The number of carbonyl (C=O) groups excluding carboxylic acids is 1. The lowest BCUT2D eigenvalue weighted by Gasteiger charge is -2.17. The maximum absolute atomic E-state index is 13.2. The van der Waals surface area contributed by atoms with Crippen LogP contribution < -0.4 is 4.74 Å². The van der Waals surface area contributed by atoms with E-state index in [-0.39, 0.29) is 17.6 Å². The lowest BCUT2D eigenvalue weighted by Crippen LogP contribution is -2.24. The molecule has 1 atom stereocenters. The van der Waals surface area contributed by atoms with Crippen LogP contribution in [0.5, 0.6) is 5.75 Å². The maximum atomic E-state index is 13.2. The van der Waals surface area contributed by atoms with E-state index < -0.39 is 0 Å². The van der Waals surface area contributed by atoms with E-state index in [1.807, 2.05) is 53.4 Å². The number of benzene rings is 3. The second-order valence-corrected chi connectivity index (χ2v) is 8.07. The predicted molar refractivity (Wildman–Crippen MR) is 121 cm³/mol. The SMILES string of the molecule is O=C1CC(c2nc3ccccc3n2CCOc2ccccc2)CN1Cc1ccc(F)cc1. The zero-order valence-corrected chi connectivity index (χ0v) is 17.7. The summed E-state index contributed by atoms with van der Waals surface area (Å²) in [6, 6.07) is 24.1. The number of hydrogen-bond acceptors (Lipinski definition) is 3. The molecule has 5 rings (SSSR count). The second-order valence-electron chi connectivity index (χ2n) is 8.07. The Balaban J connectivity index is 1.35. The molecule has 6 heteroatoms. The molecule has 1 fully saturated rings. The summed E-state index contributed by atoms with van der Waals surface area (Å²) >= 11 is 0. The summed E-state index contributed by atoms with van der Waals surface area (Å²) in [6.07, 6.45) is 0.421. The van der Waals surface area contributed by atoms with Gasteiger partial charge in [-0.2, -0.15) is 0 Å². The summed E-state index contributed by atoms with van der Waals surface area (Å²) in [5.74, 6) is 1.58. The quantitative estimate of drug-likeness (QED) is 0.425. The minimum Gasteiger partial charge on any atom is -0.492 e. The molecular weight excluding hydrogens is 405 g/mol. The van der Waals surface area contributed by atoms with Crippen LogP contribution in [-0.2, 0) is 17.9 Å². The molecular formula is C26H24FN3O2. The molecule has 0 saturated carbocycles. The van der Waals surface area contributed by atoms with Crippen LogP contribution in [0.25, 0.3) is 11.0 Å². The number of halogens is 1. The third-order valence-electron chi connectivity index (χ3n) is 5.88. The Hall–Kier alpha value is -3.67. The first kappa shape index (κ1) is 20.2. The van der Waals surface area contributed by atoms with Gasteiger partial charge in [0.2, 0.25) is 5.91 Å². The summed E-state index contributed by atoms with van der Waals surface area (Å²) in [5, 5.41) is 0. The Morgan fingerprint density at radius 1 is 0.969 bits per heavy atom. The highest BCUT2D eigenvalue weighted by Gasteiger charge is 2.34. The van der Waals surface area contributed by atoms with Gasteiger partial charge in [0.15, 0.2) is 0 Å². The Kier molecular flexibility index (Phi) is 5.58. The average molecular weight is 429 g/mol. The number of hydrogen-bond donors (Lipinski definition) is 0. The second kappa shape index (κ2) is 8.83. The van der Waals surface area contributed by atoms with Gasteiger partial charge in [0.25, 0.3) is 0 Å². The number of carbonyl (C=O) groups is 1. The molecule has 0 bridgehead atoms. The third kappa shape index (κ3) is 4.21. The van der Waals surface area contributed by atoms with Gasteiger partial charge in [0, 0.05) is 25.4 Å². The van der Waals surface area contributed by atoms with E-state index in [1.54, 1.807) is 12.1 Å². The maximum Gasteiger partial charge on any atom is 0.223 e. The van der Waals surface area contributed by atoms with Gasteiger partial charge >= 0.3 is 0 Å². The number of aromatic nitrogens is 2. The minimum absolute atomic E-state index is 0.00655. The number of rotatable bonds is 7. The topological polar surface area (TPSA) is 47.4 Å². The lowest BCUT2D eigenvalue weighted by atomic mass is 10.1. The first-order chi connectivity index (χ1) is 15.7. The van der Waals surface area contributed by atoms with E-state index >= 15 is 0 Å². The van der Waals surface area contributed by atoms with E-state index in [4.69, 9.17) is 9.72 Å². The van der Waals surface area contributed by atoms with Gasteiger partial charge in [0.1, 0.15) is 24.0 Å². The van der Waals surface area contributed by atoms with Gasteiger partial charge in [-0.1, -0.05) is 42.5 Å². The fourth-order valence-corrected chi connectivity index (χ4v) is 4.32. The molecule has 1 saturated heterocycles. The number of ether oxygens (including phenoxy) is 1. The largest absolute Gasteiger partial charge is 0.492 e. The fourth-order valence-electron chi connectivity index (χ4n) is 4.32. The van der Waals surface area contributed by atoms with E-state index in [0.717, 1.165) is 28.2 Å². The monoisotopic (exact) mass is 429 g/mol. The van der Waals surface area contributed by atoms with Crippen LogP contribution in [0.15, 0.2) is 78.9 Å². The number of imidazole rings is 1. The van der Waals surface area contributed by atoms with E-state index in [9.17, 15) is 9.18 Å². The van der Waals surface area contributed by atoms with Gasteiger partial charge in [-0.3, -0.25) is 4.79 Å². The van der Waals surface area contributed by atoms with E-state index in [0.29, 0.717) is 32.7 Å². The fraction of sp³-hybridized carbons (Fsp3) is 0.231. The first-order valence-corrected chi connectivity index (χ1v) is 10.8. The Morgan fingerprint density at radius 3 is 2.53 bits per heavy atom. The smallest absolute Gasteiger partial charge is 0.223 e. The van der Waals surface area contributed by atoms with Crippen LogP contribution in [0, 0.1) is 5.82 Å². The van der Waals surface area contributed by atoms with Crippen molar-refractivity contribution in [1.29, 1.82) is 0 Å². The Labute approximate surface area is 186 Å². The van der Waals surface area contributed by atoms with Gasteiger partial charge < -0.3 is 14.2 Å². The molecule has 32 heavy (non-hydrogen) atoms. The van der Waals surface area contributed by atoms with Crippen molar-refractivity contribution in [2.45, 2.75) is 25.4 Å². The summed E-state index contributed by atoms with van der Waals surface area (Å²) in [4.78, 5) is 19.5. The molecule has 1 aliphatic heterocycles. The number of nitrogens with zero attached hydrogens (tertiary/aromatic N) is 3. The number of likely N-dealkylation sites (tertiary alicyclic amines) is 1. The lowest BCUT2D eigenvalue weighted by molar-refractivity contribution is -0.128.